The molecule has 0 saturated carbocycles. The summed E-state index contributed by atoms with van der Waals surface area (Å²) in [5.41, 5.74) is 1.22. The number of hydrogen-bond acceptors (Lipinski definition) is 3. The van der Waals surface area contributed by atoms with E-state index in [0.717, 1.165) is 51.4 Å². The summed E-state index contributed by atoms with van der Waals surface area (Å²) in [5.74, 6) is 0.849. The SMILES string of the molecule is Fc1ccc(CCCCN2CCN(c3ccc(Cl)cn3)CC2)cc1. The topological polar surface area (TPSA) is 19.4 Å². The van der Waals surface area contributed by atoms with E-state index in [0.29, 0.717) is 5.02 Å². The minimum Gasteiger partial charge on any atom is -0.354 e. The van der Waals surface area contributed by atoms with Crippen LogP contribution in [-0.2, 0) is 6.42 Å². The summed E-state index contributed by atoms with van der Waals surface area (Å²) < 4.78 is 12.9. The number of benzene rings is 1. The molecule has 1 fully saturated rings. The summed E-state index contributed by atoms with van der Waals surface area (Å²) in [6.07, 6.45) is 5.05. The quantitative estimate of drug-likeness (QED) is 0.736. The van der Waals surface area contributed by atoms with Gasteiger partial charge in [0, 0.05) is 32.4 Å². The summed E-state index contributed by atoms with van der Waals surface area (Å²) in [5, 5.41) is 0.679. The molecule has 0 spiro atoms. The maximum absolute atomic E-state index is 12.9. The van der Waals surface area contributed by atoms with Crippen LogP contribution < -0.4 is 4.90 Å². The number of anilines is 1. The molecule has 0 atom stereocenters. The number of unbranched alkanes of at least 4 members (excludes halogenated alkanes) is 1. The van der Waals surface area contributed by atoms with Gasteiger partial charge >= 0.3 is 0 Å². The Morgan fingerprint density at radius 2 is 1.71 bits per heavy atom. The molecule has 0 N–H and O–H groups in total. The minimum absolute atomic E-state index is 0.160. The molecule has 1 aromatic carbocycles. The van der Waals surface area contributed by atoms with Crippen LogP contribution >= 0.6 is 11.6 Å². The number of hydrogen-bond donors (Lipinski definition) is 0. The second-order valence-electron chi connectivity index (χ2n) is 6.25. The molecule has 0 aliphatic carbocycles. The summed E-state index contributed by atoms with van der Waals surface area (Å²) in [7, 11) is 0. The molecule has 0 radical (unpaired) electrons. The van der Waals surface area contributed by atoms with Gasteiger partial charge in [0.25, 0.3) is 0 Å². The van der Waals surface area contributed by atoms with Crippen molar-refractivity contribution in [1.82, 2.24) is 9.88 Å². The fourth-order valence-electron chi connectivity index (χ4n) is 3.07. The zero-order valence-corrected chi connectivity index (χ0v) is 14.6. The normalized spacial score (nSPS) is 15.7. The van der Waals surface area contributed by atoms with Gasteiger partial charge in [-0.1, -0.05) is 23.7 Å². The molecule has 128 valence electrons. The van der Waals surface area contributed by atoms with Crippen LogP contribution in [0, 0.1) is 5.82 Å². The Morgan fingerprint density at radius 1 is 0.958 bits per heavy atom. The van der Waals surface area contributed by atoms with E-state index >= 15 is 0 Å². The van der Waals surface area contributed by atoms with Crippen LogP contribution in [0.3, 0.4) is 0 Å². The van der Waals surface area contributed by atoms with Gasteiger partial charge in [0.1, 0.15) is 11.6 Å². The molecule has 1 aliphatic heterocycles. The highest BCUT2D eigenvalue weighted by Crippen LogP contribution is 2.16. The van der Waals surface area contributed by atoms with Crippen LogP contribution in [0.15, 0.2) is 42.6 Å². The van der Waals surface area contributed by atoms with Gasteiger partial charge in [-0.3, -0.25) is 4.90 Å². The predicted molar refractivity (Wildman–Crippen MR) is 97.2 cm³/mol. The Kier molecular flexibility index (Phi) is 6.05. The van der Waals surface area contributed by atoms with Gasteiger partial charge in [-0.25, -0.2) is 9.37 Å². The lowest BCUT2D eigenvalue weighted by Crippen LogP contribution is -2.46. The molecule has 0 amide bonds. The standard InChI is InChI=1S/C19H23ClFN3/c20-17-6-9-19(22-15-17)24-13-11-23(12-14-24)10-2-1-3-16-4-7-18(21)8-5-16/h4-9,15H,1-3,10-14H2. The van der Waals surface area contributed by atoms with Crippen LogP contribution in [0.25, 0.3) is 0 Å². The van der Waals surface area contributed by atoms with Gasteiger partial charge < -0.3 is 4.90 Å². The van der Waals surface area contributed by atoms with Crippen molar-refractivity contribution in [3.05, 3.63) is 59.0 Å². The van der Waals surface area contributed by atoms with Gasteiger partial charge in [-0.2, -0.15) is 0 Å². The number of nitrogens with zero attached hydrogens (tertiary/aromatic N) is 3. The van der Waals surface area contributed by atoms with Crippen LogP contribution in [0.5, 0.6) is 0 Å². The highest BCUT2D eigenvalue weighted by molar-refractivity contribution is 6.30. The van der Waals surface area contributed by atoms with E-state index < -0.39 is 0 Å². The predicted octanol–water partition coefficient (Wildman–Crippen LogP) is 4.02. The first-order valence-corrected chi connectivity index (χ1v) is 8.92. The molecule has 2 aromatic rings. The van der Waals surface area contributed by atoms with Crippen LogP contribution in [0.2, 0.25) is 5.02 Å². The van der Waals surface area contributed by atoms with E-state index in [1.807, 2.05) is 24.3 Å². The van der Waals surface area contributed by atoms with E-state index in [4.69, 9.17) is 11.6 Å². The molecule has 3 rings (SSSR count). The molecular formula is C19H23ClFN3. The van der Waals surface area contributed by atoms with Gasteiger partial charge in [0.15, 0.2) is 0 Å². The van der Waals surface area contributed by atoms with E-state index in [-0.39, 0.29) is 5.82 Å². The third kappa shape index (κ3) is 4.92. The van der Waals surface area contributed by atoms with Crippen molar-refractivity contribution in [2.24, 2.45) is 0 Å². The zero-order chi connectivity index (χ0) is 16.8. The average molecular weight is 348 g/mol. The van der Waals surface area contributed by atoms with E-state index in [9.17, 15) is 4.39 Å². The van der Waals surface area contributed by atoms with Crippen molar-refractivity contribution in [3.63, 3.8) is 0 Å². The van der Waals surface area contributed by atoms with Crippen molar-refractivity contribution in [2.45, 2.75) is 19.3 Å². The second kappa shape index (κ2) is 8.45. The number of aryl methyl sites for hydroxylation is 1. The first kappa shape index (κ1) is 17.2. The highest BCUT2D eigenvalue weighted by Gasteiger charge is 2.17. The number of pyridine rings is 1. The molecule has 1 saturated heterocycles. The molecule has 5 heteroatoms. The van der Waals surface area contributed by atoms with Crippen molar-refractivity contribution < 1.29 is 4.39 Å². The summed E-state index contributed by atoms with van der Waals surface area (Å²) >= 11 is 5.89. The Labute approximate surface area is 148 Å². The first-order chi connectivity index (χ1) is 11.7. The summed E-state index contributed by atoms with van der Waals surface area (Å²) in [6.45, 7) is 5.28. The lowest BCUT2D eigenvalue weighted by Gasteiger charge is -2.35. The fraction of sp³-hybridized carbons (Fsp3) is 0.421. The van der Waals surface area contributed by atoms with E-state index in [1.165, 1.54) is 12.0 Å². The molecule has 2 heterocycles. The van der Waals surface area contributed by atoms with Crippen molar-refractivity contribution in [2.75, 3.05) is 37.6 Å². The third-order valence-electron chi connectivity index (χ3n) is 4.51. The molecular weight excluding hydrogens is 325 g/mol. The second-order valence-corrected chi connectivity index (χ2v) is 6.68. The molecule has 1 aliphatic rings. The van der Waals surface area contributed by atoms with Crippen LogP contribution in [0.1, 0.15) is 18.4 Å². The molecule has 0 bridgehead atoms. The lowest BCUT2D eigenvalue weighted by molar-refractivity contribution is 0.252. The van der Waals surface area contributed by atoms with E-state index in [1.54, 1.807) is 18.3 Å². The number of halogens is 2. The van der Waals surface area contributed by atoms with Crippen LogP contribution in [0.4, 0.5) is 10.2 Å². The van der Waals surface area contributed by atoms with Gasteiger partial charge in [-0.05, 0) is 55.6 Å². The van der Waals surface area contributed by atoms with Crippen molar-refractivity contribution in [3.8, 4) is 0 Å². The Bertz CT molecular complexity index is 622. The number of aromatic nitrogens is 1. The summed E-state index contributed by atoms with van der Waals surface area (Å²) in [6, 6.07) is 10.7. The van der Waals surface area contributed by atoms with Gasteiger partial charge in [0.05, 0.1) is 5.02 Å². The number of piperazine rings is 1. The van der Waals surface area contributed by atoms with Crippen molar-refractivity contribution in [1.29, 1.82) is 0 Å². The van der Waals surface area contributed by atoms with Gasteiger partial charge in [-0.15, -0.1) is 0 Å². The largest absolute Gasteiger partial charge is 0.354 e. The number of rotatable bonds is 6. The lowest BCUT2D eigenvalue weighted by atomic mass is 10.1. The van der Waals surface area contributed by atoms with Crippen LogP contribution in [-0.4, -0.2) is 42.6 Å². The Balaban J connectivity index is 1.35. The molecule has 0 unspecified atom stereocenters. The Hall–Kier alpha value is -1.65. The molecule has 24 heavy (non-hydrogen) atoms. The first-order valence-electron chi connectivity index (χ1n) is 8.54. The molecule has 1 aromatic heterocycles. The smallest absolute Gasteiger partial charge is 0.128 e. The monoisotopic (exact) mass is 347 g/mol. The maximum atomic E-state index is 12.9. The maximum Gasteiger partial charge on any atom is 0.128 e. The van der Waals surface area contributed by atoms with Crippen molar-refractivity contribution >= 4 is 17.4 Å². The van der Waals surface area contributed by atoms with E-state index in [2.05, 4.69) is 14.8 Å². The minimum atomic E-state index is -0.160. The highest BCUT2D eigenvalue weighted by atomic mass is 35.5. The third-order valence-corrected chi connectivity index (χ3v) is 4.73. The van der Waals surface area contributed by atoms with Gasteiger partial charge in [0.2, 0.25) is 0 Å². The zero-order valence-electron chi connectivity index (χ0n) is 13.8. The Morgan fingerprint density at radius 3 is 2.38 bits per heavy atom. The molecule has 3 nitrogen and oxygen atoms in total. The summed E-state index contributed by atoms with van der Waals surface area (Å²) in [4.78, 5) is 9.21. The average Bonchev–Trinajstić information content (AvgIpc) is 2.62. The fourth-order valence-corrected chi connectivity index (χ4v) is 3.18.